The van der Waals surface area contributed by atoms with E-state index in [4.69, 9.17) is 14.2 Å². The number of para-hydroxylation sites is 1. The largest absolute Gasteiger partial charge is 0.495 e. The zero-order valence-corrected chi connectivity index (χ0v) is 16.8. The van der Waals surface area contributed by atoms with E-state index in [0.717, 1.165) is 27.3 Å². The van der Waals surface area contributed by atoms with Gasteiger partial charge in [-0.1, -0.05) is 18.2 Å². The maximum absolute atomic E-state index is 12.5. The number of benzene rings is 2. The summed E-state index contributed by atoms with van der Waals surface area (Å²) >= 11 is 1.34. The minimum Gasteiger partial charge on any atom is -0.495 e. The monoisotopic (exact) mass is 409 g/mol. The number of anilines is 1. The number of aryl methyl sites for hydroxylation is 1. The Kier molecular flexibility index (Phi) is 5.22. The summed E-state index contributed by atoms with van der Waals surface area (Å²) in [5.74, 6) is 0.374. The molecule has 0 saturated carbocycles. The van der Waals surface area contributed by atoms with Crippen LogP contribution >= 0.6 is 11.3 Å². The molecule has 6 nitrogen and oxygen atoms in total. The number of carbonyl (C=O) groups excluding carboxylic acids is 2. The predicted molar refractivity (Wildman–Crippen MR) is 111 cm³/mol. The molecule has 0 unspecified atom stereocenters. The Morgan fingerprint density at radius 3 is 2.83 bits per heavy atom. The molecule has 3 aromatic rings. The Balaban J connectivity index is 1.42. The first kappa shape index (κ1) is 19.0. The molecule has 0 saturated heterocycles. The molecule has 1 aliphatic rings. The Hall–Kier alpha value is -3.32. The predicted octanol–water partition coefficient (Wildman–Crippen LogP) is 4.42. The molecule has 1 aromatic heterocycles. The van der Waals surface area contributed by atoms with E-state index >= 15 is 0 Å². The third-order valence-corrected chi connectivity index (χ3v) is 5.68. The smallest absolute Gasteiger partial charge is 0.348 e. The van der Waals surface area contributed by atoms with Crippen LogP contribution in [0.2, 0.25) is 0 Å². The molecule has 0 atom stereocenters. The van der Waals surface area contributed by atoms with Crippen molar-refractivity contribution in [2.45, 2.75) is 13.5 Å². The minimum atomic E-state index is -0.534. The summed E-state index contributed by atoms with van der Waals surface area (Å²) in [6.07, 6.45) is 0. The highest BCUT2D eigenvalue weighted by Crippen LogP contribution is 2.42. The van der Waals surface area contributed by atoms with Crippen LogP contribution in [0, 0.1) is 6.92 Å². The van der Waals surface area contributed by atoms with E-state index in [9.17, 15) is 9.59 Å². The van der Waals surface area contributed by atoms with Crippen molar-refractivity contribution in [1.29, 1.82) is 0 Å². The first-order valence-electron chi connectivity index (χ1n) is 9.01. The molecule has 0 radical (unpaired) electrons. The lowest BCUT2D eigenvalue weighted by Crippen LogP contribution is -2.21. The van der Waals surface area contributed by atoms with E-state index < -0.39 is 11.9 Å². The average Bonchev–Trinajstić information content (AvgIpc) is 3.17. The molecule has 0 bridgehead atoms. The summed E-state index contributed by atoms with van der Waals surface area (Å²) < 4.78 is 16.2. The molecule has 0 aliphatic carbocycles. The summed E-state index contributed by atoms with van der Waals surface area (Å²) in [6.45, 7) is 1.94. The molecule has 0 spiro atoms. The number of carbonyl (C=O) groups is 2. The lowest BCUT2D eigenvalue weighted by Gasteiger charge is -2.16. The van der Waals surface area contributed by atoms with Gasteiger partial charge in [-0.05, 0) is 42.8 Å². The summed E-state index contributed by atoms with van der Waals surface area (Å²) in [5, 5.41) is 2.71. The van der Waals surface area contributed by atoms with Crippen molar-refractivity contribution in [1.82, 2.24) is 0 Å². The lowest BCUT2D eigenvalue weighted by atomic mass is 10.1. The van der Waals surface area contributed by atoms with Crippen molar-refractivity contribution in [2.75, 3.05) is 19.0 Å². The van der Waals surface area contributed by atoms with Crippen molar-refractivity contribution in [2.24, 2.45) is 0 Å². The van der Waals surface area contributed by atoms with Gasteiger partial charge in [0.05, 0.1) is 12.8 Å². The molecule has 0 fully saturated rings. The minimum absolute atomic E-state index is 0.383. The first-order chi connectivity index (χ1) is 14.0. The number of esters is 1. The topological polar surface area (TPSA) is 73.9 Å². The van der Waals surface area contributed by atoms with Crippen molar-refractivity contribution in [3.8, 4) is 21.9 Å². The van der Waals surface area contributed by atoms with Gasteiger partial charge in [-0.3, -0.25) is 4.79 Å². The maximum Gasteiger partial charge on any atom is 0.348 e. The lowest BCUT2D eigenvalue weighted by molar-refractivity contribution is -0.119. The molecule has 1 N–H and O–H groups in total. The standard InChI is InChI=1S/C22H19NO5S/c1-13-7-8-18(26-2)16(9-13)23-20(24)12-28-22(25)19-10-14-11-27-17-6-4-3-5-15(17)21(14)29-19/h3-10H,11-12H2,1-2H3,(H,23,24). The van der Waals surface area contributed by atoms with Crippen LogP contribution in [0.3, 0.4) is 0 Å². The molecule has 7 heteroatoms. The van der Waals surface area contributed by atoms with Gasteiger partial charge in [-0.2, -0.15) is 0 Å². The Bertz CT molecular complexity index is 1090. The van der Waals surface area contributed by atoms with E-state index in [1.807, 2.05) is 37.3 Å². The van der Waals surface area contributed by atoms with Gasteiger partial charge >= 0.3 is 5.97 Å². The molecule has 1 aliphatic heterocycles. The van der Waals surface area contributed by atoms with Crippen LogP contribution in [-0.2, 0) is 16.1 Å². The number of hydrogen-bond donors (Lipinski definition) is 1. The zero-order chi connectivity index (χ0) is 20.4. The van der Waals surface area contributed by atoms with Crippen LogP contribution in [0.15, 0.2) is 48.5 Å². The van der Waals surface area contributed by atoms with Gasteiger partial charge in [0.2, 0.25) is 0 Å². The number of nitrogens with one attached hydrogen (secondary N) is 1. The van der Waals surface area contributed by atoms with E-state index in [1.54, 1.807) is 18.2 Å². The number of fused-ring (bicyclic) bond motifs is 3. The maximum atomic E-state index is 12.5. The third-order valence-electron chi connectivity index (χ3n) is 4.49. The third kappa shape index (κ3) is 3.95. The van der Waals surface area contributed by atoms with Gasteiger partial charge in [0.15, 0.2) is 6.61 Å². The Morgan fingerprint density at radius 1 is 1.17 bits per heavy atom. The van der Waals surface area contributed by atoms with Gasteiger partial charge in [0, 0.05) is 16.0 Å². The van der Waals surface area contributed by atoms with Gasteiger partial charge in [-0.25, -0.2) is 4.79 Å². The fraction of sp³-hybridized carbons (Fsp3) is 0.182. The van der Waals surface area contributed by atoms with Crippen molar-refractivity contribution < 1.29 is 23.8 Å². The quantitative estimate of drug-likeness (QED) is 0.632. The second kappa shape index (κ2) is 7.97. The van der Waals surface area contributed by atoms with Crippen molar-refractivity contribution in [3.63, 3.8) is 0 Å². The number of hydrogen-bond acceptors (Lipinski definition) is 6. The molecule has 4 rings (SSSR count). The van der Waals surface area contributed by atoms with Crippen LogP contribution in [0.1, 0.15) is 20.8 Å². The van der Waals surface area contributed by atoms with Crippen LogP contribution in [0.25, 0.3) is 10.4 Å². The number of amides is 1. The van der Waals surface area contributed by atoms with E-state index in [0.29, 0.717) is 22.9 Å². The Morgan fingerprint density at radius 2 is 2.00 bits per heavy atom. The fourth-order valence-electron chi connectivity index (χ4n) is 3.11. The number of rotatable bonds is 5. The highest BCUT2D eigenvalue weighted by molar-refractivity contribution is 7.17. The molecule has 1 amide bonds. The van der Waals surface area contributed by atoms with Gasteiger partial charge in [0.1, 0.15) is 23.0 Å². The van der Waals surface area contributed by atoms with Gasteiger partial charge in [0.25, 0.3) is 5.91 Å². The van der Waals surface area contributed by atoms with Crippen LogP contribution in [0.5, 0.6) is 11.5 Å². The molecular formula is C22H19NO5S. The van der Waals surface area contributed by atoms with Gasteiger partial charge in [-0.15, -0.1) is 11.3 Å². The number of methoxy groups -OCH3 is 1. The van der Waals surface area contributed by atoms with E-state index in [2.05, 4.69) is 5.32 Å². The molecule has 2 heterocycles. The molecular weight excluding hydrogens is 390 g/mol. The van der Waals surface area contributed by atoms with Crippen LogP contribution in [-0.4, -0.2) is 25.6 Å². The number of ether oxygens (including phenoxy) is 3. The zero-order valence-electron chi connectivity index (χ0n) is 16.0. The average molecular weight is 409 g/mol. The molecule has 2 aromatic carbocycles. The highest BCUT2D eigenvalue weighted by atomic mass is 32.1. The van der Waals surface area contributed by atoms with Crippen molar-refractivity contribution in [3.05, 3.63) is 64.5 Å². The number of thiophene rings is 1. The fourth-order valence-corrected chi connectivity index (χ4v) is 4.20. The summed E-state index contributed by atoms with van der Waals surface area (Å²) in [7, 11) is 1.53. The second-order valence-corrected chi connectivity index (χ2v) is 7.63. The Labute approximate surface area is 172 Å². The van der Waals surface area contributed by atoms with E-state index in [-0.39, 0.29) is 6.61 Å². The van der Waals surface area contributed by atoms with Gasteiger partial charge < -0.3 is 19.5 Å². The highest BCUT2D eigenvalue weighted by Gasteiger charge is 2.23. The summed E-state index contributed by atoms with van der Waals surface area (Å²) in [6, 6.07) is 14.9. The van der Waals surface area contributed by atoms with Crippen LogP contribution in [0.4, 0.5) is 5.69 Å². The second-order valence-electron chi connectivity index (χ2n) is 6.58. The normalized spacial score (nSPS) is 11.7. The van der Waals surface area contributed by atoms with E-state index in [1.165, 1.54) is 18.4 Å². The summed E-state index contributed by atoms with van der Waals surface area (Å²) in [4.78, 5) is 26.1. The summed E-state index contributed by atoms with van der Waals surface area (Å²) in [5.41, 5.74) is 3.41. The molecule has 148 valence electrons. The SMILES string of the molecule is COc1ccc(C)cc1NC(=O)COC(=O)c1cc2c(s1)-c1ccccc1OC2. The van der Waals surface area contributed by atoms with Crippen molar-refractivity contribution >= 4 is 28.9 Å². The van der Waals surface area contributed by atoms with Crippen LogP contribution < -0.4 is 14.8 Å². The first-order valence-corrected chi connectivity index (χ1v) is 9.83. The molecule has 29 heavy (non-hydrogen) atoms.